The molecule has 1 aliphatic rings. The number of hydrogen-bond acceptors (Lipinski definition) is 2. The topological polar surface area (TPSA) is 33.5 Å². The number of para-hydroxylation sites is 1. The smallest absolute Gasteiger partial charge is 0.222 e. The zero-order valence-electron chi connectivity index (χ0n) is 11.4. The zero-order valence-corrected chi connectivity index (χ0v) is 11.4. The number of benzene rings is 1. The van der Waals surface area contributed by atoms with Crippen LogP contribution in [-0.4, -0.2) is 23.9 Å². The molecule has 0 aliphatic heterocycles. The average Bonchev–Trinajstić information content (AvgIpc) is 3.06. The lowest BCUT2D eigenvalue weighted by Gasteiger charge is -2.17. The Morgan fingerprint density at radius 3 is 3.05 bits per heavy atom. The Morgan fingerprint density at radius 2 is 2.26 bits per heavy atom. The number of hydrogen-bond donors (Lipinski definition) is 0. The van der Waals surface area contributed by atoms with Crippen LogP contribution in [0.2, 0.25) is 0 Å². The number of amides is 1. The molecule has 1 aromatic carbocycles. The number of nitrogens with zero attached hydrogens (tertiary/aromatic N) is 1. The second-order valence-electron chi connectivity index (χ2n) is 5.35. The first-order chi connectivity index (χ1) is 9.22. The van der Waals surface area contributed by atoms with Gasteiger partial charge in [-0.3, -0.25) is 4.79 Å². The summed E-state index contributed by atoms with van der Waals surface area (Å²) in [7, 11) is 1.92. The number of furan rings is 1. The largest absolute Gasteiger partial charge is 0.464 e. The van der Waals surface area contributed by atoms with Crippen molar-refractivity contribution in [3.05, 3.63) is 36.1 Å². The lowest BCUT2D eigenvalue weighted by molar-refractivity contribution is -0.130. The molecule has 1 amide bonds. The quantitative estimate of drug-likeness (QED) is 0.839. The summed E-state index contributed by atoms with van der Waals surface area (Å²) in [5, 5.41) is 1.14. The third kappa shape index (κ3) is 2.14. The first-order valence-electron chi connectivity index (χ1n) is 6.94. The standard InChI is InChI=1S/C16H19NO2/c1-3-5-15(18)17(2)14-10-13(14)12-7-4-6-11-8-9-19-16(11)12/h4,6-9,13-14H,3,5,10H2,1-2H3. The van der Waals surface area contributed by atoms with Gasteiger partial charge in [-0.15, -0.1) is 0 Å². The van der Waals surface area contributed by atoms with Gasteiger partial charge in [-0.2, -0.15) is 0 Å². The molecule has 1 aromatic heterocycles. The van der Waals surface area contributed by atoms with Gasteiger partial charge in [-0.25, -0.2) is 0 Å². The third-order valence-corrected chi connectivity index (χ3v) is 4.02. The SMILES string of the molecule is CCCC(=O)N(C)C1CC1c1cccc2ccoc12. The van der Waals surface area contributed by atoms with E-state index in [4.69, 9.17) is 4.42 Å². The fourth-order valence-corrected chi connectivity index (χ4v) is 2.83. The highest BCUT2D eigenvalue weighted by Gasteiger charge is 2.44. The summed E-state index contributed by atoms with van der Waals surface area (Å²) in [5.74, 6) is 0.683. The number of fused-ring (bicyclic) bond motifs is 1. The lowest BCUT2D eigenvalue weighted by Crippen LogP contribution is -2.29. The fourth-order valence-electron chi connectivity index (χ4n) is 2.83. The molecule has 0 spiro atoms. The van der Waals surface area contributed by atoms with Crippen LogP contribution < -0.4 is 0 Å². The Bertz CT molecular complexity index is 602. The Balaban J connectivity index is 1.79. The van der Waals surface area contributed by atoms with E-state index in [0.29, 0.717) is 18.4 Å². The molecule has 1 saturated carbocycles. The molecule has 0 bridgehead atoms. The van der Waals surface area contributed by atoms with Crippen molar-refractivity contribution in [1.29, 1.82) is 0 Å². The molecule has 2 atom stereocenters. The van der Waals surface area contributed by atoms with Crippen LogP contribution in [-0.2, 0) is 4.79 Å². The van der Waals surface area contributed by atoms with Gasteiger partial charge in [0.05, 0.1) is 6.26 Å². The summed E-state index contributed by atoms with van der Waals surface area (Å²) >= 11 is 0. The van der Waals surface area contributed by atoms with Crippen LogP contribution in [0.1, 0.15) is 37.7 Å². The van der Waals surface area contributed by atoms with Gasteiger partial charge in [-0.1, -0.05) is 25.1 Å². The van der Waals surface area contributed by atoms with Crippen molar-refractivity contribution in [3.8, 4) is 0 Å². The number of likely N-dealkylation sites (N-methyl/N-ethyl adjacent to an activating group) is 1. The molecule has 1 aliphatic carbocycles. The monoisotopic (exact) mass is 257 g/mol. The van der Waals surface area contributed by atoms with Crippen LogP contribution in [0.3, 0.4) is 0 Å². The van der Waals surface area contributed by atoms with Crippen LogP contribution in [0.15, 0.2) is 34.9 Å². The van der Waals surface area contributed by atoms with E-state index < -0.39 is 0 Å². The highest BCUT2D eigenvalue weighted by molar-refractivity contribution is 5.82. The summed E-state index contributed by atoms with van der Waals surface area (Å²) in [4.78, 5) is 13.8. The lowest BCUT2D eigenvalue weighted by atomic mass is 10.1. The number of rotatable bonds is 4. The Labute approximate surface area is 113 Å². The maximum absolute atomic E-state index is 11.9. The molecule has 0 saturated heterocycles. The normalized spacial score (nSPS) is 21.6. The predicted octanol–water partition coefficient (Wildman–Crippen LogP) is 3.55. The molecule has 1 fully saturated rings. The van der Waals surface area contributed by atoms with E-state index >= 15 is 0 Å². The molecule has 1 heterocycles. The molecule has 3 nitrogen and oxygen atoms in total. The minimum Gasteiger partial charge on any atom is -0.464 e. The average molecular weight is 257 g/mol. The maximum Gasteiger partial charge on any atom is 0.222 e. The van der Waals surface area contributed by atoms with E-state index in [1.807, 2.05) is 24.9 Å². The van der Waals surface area contributed by atoms with Gasteiger partial charge in [0, 0.05) is 36.4 Å². The molecule has 3 heteroatoms. The summed E-state index contributed by atoms with van der Waals surface area (Å²) in [6, 6.07) is 8.58. The van der Waals surface area contributed by atoms with Gasteiger partial charge >= 0.3 is 0 Å². The third-order valence-electron chi connectivity index (χ3n) is 4.02. The predicted molar refractivity (Wildman–Crippen MR) is 75.0 cm³/mol. The molecule has 19 heavy (non-hydrogen) atoms. The molecule has 2 aromatic rings. The highest BCUT2D eigenvalue weighted by Crippen LogP contribution is 2.46. The van der Waals surface area contributed by atoms with Crippen LogP contribution in [0.5, 0.6) is 0 Å². The van der Waals surface area contributed by atoms with Crippen LogP contribution in [0, 0.1) is 0 Å². The molecule has 3 rings (SSSR count). The first-order valence-corrected chi connectivity index (χ1v) is 6.94. The van der Waals surface area contributed by atoms with E-state index in [-0.39, 0.29) is 5.91 Å². The van der Waals surface area contributed by atoms with Crippen LogP contribution in [0.4, 0.5) is 0 Å². The summed E-state index contributed by atoms with van der Waals surface area (Å²) < 4.78 is 5.58. The maximum atomic E-state index is 11.9. The van der Waals surface area contributed by atoms with Crippen molar-refractivity contribution in [3.63, 3.8) is 0 Å². The minimum absolute atomic E-state index is 0.251. The number of carbonyl (C=O) groups is 1. The molecule has 0 N–H and O–H groups in total. The number of carbonyl (C=O) groups excluding carboxylic acids is 1. The van der Waals surface area contributed by atoms with Crippen molar-refractivity contribution in [1.82, 2.24) is 4.90 Å². The minimum atomic E-state index is 0.251. The molecule has 2 unspecified atom stereocenters. The van der Waals surface area contributed by atoms with Crippen LogP contribution >= 0.6 is 0 Å². The van der Waals surface area contributed by atoms with Crippen LogP contribution in [0.25, 0.3) is 11.0 Å². The first kappa shape index (κ1) is 12.3. The van der Waals surface area contributed by atoms with Gasteiger partial charge in [0.2, 0.25) is 5.91 Å². The fraction of sp³-hybridized carbons (Fsp3) is 0.438. The Morgan fingerprint density at radius 1 is 1.42 bits per heavy atom. The van der Waals surface area contributed by atoms with E-state index in [1.165, 1.54) is 5.56 Å². The Kier molecular flexibility index (Phi) is 3.05. The zero-order chi connectivity index (χ0) is 13.4. The second-order valence-corrected chi connectivity index (χ2v) is 5.35. The van der Waals surface area contributed by atoms with Crippen molar-refractivity contribution < 1.29 is 9.21 Å². The van der Waals surface area contributed by atoms with Gasteiger partial charge in [0.1, 0.15) is 5.58 Å². The van der Waals surface area contributed by atoms with E-state index in [2.05, 4.69) is 18.2 Å². The van der Waals surface area contributed by atoms with Crippen molar-refractivity contribution in [2.45, 2.75) is 38.1 Å². The summed E-state index contributed by atoms with van der Waals surface area (Å²) in [6.45, 7) is 2.04. The van der Waals surface area contributed by atoms with Crippen molar-refractivity contribution in [2.24, 2.45) is 0 Å². The van der Waals surface area contributed by atoms with E-state index in [0.717, 1.165) is 23.8 Å². The van der Waals surface area contributed by atoms with Gasteiger partial charge in [0.25, 0.3) is 0 Å². The van der Waals surface area contributed by atoms with Gasteiger partial charge < -0.3 is 9.32 Å². The van der Waals surface area contributed by atoms with Gasteiger partial charge in [0.15, 0.2) is 0 Å². The molecule has 100 valence electrons. The summed E-state index contributed by atoms with van der Waals surface area (Å²) in [5.41, 5.74) is 2.22. The Hall–Kier alpha value is -1.77. The van der Waals surface area contributed by atoms with Crippen molar-refractivity contribution in [2.75, 3.05) is 7.05 Å². The van der Waals surface area contributed by atoms with E-state index in [1.54, 1.807) is 6.26 Å². The van der Waals surface area contributed by atoms with Crippen molar-refractivity contribution >= 4 is 16.9 Å². The second kappa shape index (κ2) is 4.72. The summed E-state index contributed by atoms with van der Waals surface area (Å²) in [6.07, 6.45) is 4.34. The highest BCUT2D eigenvalue weighted by atomic mass is 16.3. The van der Waals surface area contributed by atoms with Gasteiger partial charge in [-0.05, 0) is 18.9 Å². The molecule has 0 radical (unpaired) electrons. The molecular formula is C16H19NO2. The molecular weight excluding hydrogens is 238 g/mol. The van der Waals surface area contributed by atoms with E-state index in [9.17, 15) is 4.79 Å².